The van der Waals surface area contributed by atoms with E-state index in [1.807, 2.05) is 0 Å². The molecule has 24 heavy (non-hydrogen) atoms. The number of carbonyl (C=O) groups is 1. The number of halogens is 3. The van der Waals surface area contributed by atoms with Crippen LogP contribution in [0.15, 0.2) is 47.4 Å². The zero-order valence-electron chi connectivity index (χ0n) is 13.1. The number of carbonyl (C=O) groups excluding carboxylic acids is 1. The van der Waals surface area contributed by atoms with Crippen LogP contribution < -0.4 is 10.1 Å². The summed E-state index contributed by atoms with van der Waals surface area (Å²) in [5, 5.41) is 2.74. The number of nitrogens with one attached hydrogen (secondary N) is 1. The first-order valence-electron chi connectivity index (χ1n) is 7.10. The number of hydrogen-bond acceptors (Lipinski definition) is 3. The van der Waals surface area contributed by atoms with E-state index in [0.717, 1.165) is 0 Å². The van der Waals surface area contributed by atoms with Crippen molar-refractivity contribution in [3.63, 3.8) is 0 Å². The zero-order valence-corrected chi connectivity index (χ0v) is 13.9. The number of hydrogen-bond donors (Lipinski definition) is 1. The molecule has 0 radical (unpaired) electrons. The predicted molar refractivity (Wildman–Crippen MR) is 87.1 cm³/mol. The lowest BCUT2D eigenvalue weighted by atomic mass is 10.1. The fraction of sp³-hybridized carbons (Fsp3) is 0.235. The van der Waals surface area contributed by atoms with Gasteiger partial charge in [-0.3, -0.25) is 4.79 Å². The summed E-state index contributed by atoms with van der Waals surface area (Å²) >= 11 is 0.416. The molecule has 0 saturated heterocycles. The summed E-state index contributed by atoms with van der Waals surface area (Å²) in [6, 6.07) is 9.90. The van der Waals surface area contributed by atoms with Crippen LogP contribution in [0, 0.1) is 5.82 Å². The summed E-state index contributed by atoms with van der Waals surface area (Å²) in [5.74, 6) is -3.25. The van der Waals surface area contributed by atoms with Gasteiger partial charge in [0.1, 0.15) is 0 Å². The van der Waals surface area contributed by atoms with Gasteiger partial charge < -0.3 is 10.1 Å². The van der Waals surface area contributed by atoms with Gasteiger partial charge in [0.25, 0.3) is 11.7 Å². The summed E-state index contributed by atoms with van der Waals surface area (Å²) < 4.78 is 43.1. The van der Waals surface area contributed by atoms with Crippen LogP contribution in [0.25, 0.3) is 0 Å². The molecular formula is C17H16F3NO2S. The molecule has 1 amide bonds. The number of amides is 1. The normalized spacial score (nSPS) is 12.1. The molecule has 1 atom stereocenters. The molecule has 0 aliphatic rings. The number of methoxy groups -OCH3 is 1. The molecule has 1 N–H and O–H groups in total. The Morgan fingerprint density at radius 2 is 1.83 bits per heavy atom. The van der Waals surface area contributed by atoms with Crippen molar-refractivity contribution in [3.05, 3.63) is 59.4 Å². The highest BCUT2D eigenvalue weighted by molar-refractivity contribution is 7.99. The minimum Gasteiger partial charge on any atom is -0.494 e. The molecular weight excluding hydrogens is 339 g/mol. The van der Waals surface area contributed by atoms with Crippen molar-refractivity contribution in [2.24, 2.45) is 0 Å². The quantitative estimate of drug-likeness (QED) is 0.767. The summed E-state index contributed by atoms with van der Waals surface area (Å²) in [4.78, 5) is 12.6. The standard InChI is InChI=1S/C17H16F3NO2S/c1-10(12-5-8-15(23-2)14(18)9-12)21-16(22)11-3-6-13(7-4-11)24-17(19)20/h3-10,17H,1-2H3,(H,21,22). The Morgan fingerprint density at radius 3 is 2.38 bits per heavy atom. The van der Waals surface area contributed by atoms with E-state index in [4.69, 9.17) is 4.74 Å². The third-order valence-electron chi connectivity index (χ3n) is 3.37. The van der Waals surface area contributed by atoms with E-state index in [1.165, 1.54) is 43.5 Å². The van der Waals surface area contributed by atoms with Gasteiger partial charge in [0.15, 0.2) is 11.6 Å². The van der Waals surface area contributed by atoms with Gasteiger partial charge in [0.2, 0.25) is 0 Å². The van der Waals surface area contributed by atoms with Crippen molar-refractivity contribution in [2.45, 2.75) is 23.6 Å². The minimum absolute atomic E-state index is 0.129. The smallest absolute Gasteiger partial charge is 0.288 e. The first-order valence-corrected chi connectivity index (χ1v) is 7.98. The number of rotatable bonds is 6. The Bertz CT molecular complexity index is 707. The molecule has 1 unspecified atom stereocenters. The summed E-state index contributed by atoms with van der Waals surface area (Å²) in [5.41, 5.74) is 0.931. The van der Waals surface area contributed by atoms with E-state index in [2.05, 4.69) is 5.32 Å². The molecule has 0 saturated carbocycles. The van der Waals surface area contributed by atoms with Crippen molar-refractivity contribution in [3.8, 4) is 5.75 Å². The van der Waals surface area contributed by atoms with Gasteiger partial charge in [-0.2, -0.15) is 8.78 Å². The predicted octanol–water partition coefficient (Wildman–Crippen LogP) is 4.64. The van der Waals surface area contributed by atoms with Crippen molar-refractivity contribution >= 4 is 17.7 Å². The first kappa shape index (κ1) is 18.2. The van der Waals surface area contributed by atoms with Crippen molar-refractivity contribution in [1.29, 1.82) is 0 Å². The fourth-order valence-corrected chi connectivity index (χ4v) is 2.60. The lowest BCUT2D eigenvalue weighted by Crippen LogP contribution is -2.26. The van der Waals surface area contributed by atoms with Crippen LogP contribution in [-0.2, 0) is 0 Å². The van der Waals surface area contributed by atoms with Crippen LogP contribution in [0.5, 0.6) is 5.75 Å². The Hall–Kier alpha value is -2.15. The van der Waals surface area contributed by atoms with E-state index >= 15 is 0 Å². The fourth-order valence-electron chi connectivity index (χ4n) is 2.10. The third-order valence-corrected chi connectivity index (χ3v) is 4.09. The Kier molecular flexibility index (Phi) is 6.14. The van der Waals surface area contributed by atoms with E-state index in [1.54, 1.807) is 13.0 Å². The molecule has 0 aromatic heterocycles. The molecule has 0 fully saturated rings. The third kappa shape index (κ3) is 4.67. The summed E-state index contributed by atoms with van der Waals surface area (Å²) in [6.45, 7) is 1.72. The van der Waals surface area contributed by atoms with Crippen molar-refractivity contribution < 1.29 is 22.7 Å². The SMILES string of the molecule is COc1ccc(C(C)NC(=O)c2ccc(SC(F)F)cc2)cc1F. The van der Waals surface area contributed by atoms with E-state index in [-0.39, 0.29) is 11.7 Å². The molecule has 0 aliphatic heterocycles. The molecule has 2 aromatic rings. The Balaban J connectivity index is 2.04. The van der Waals surface area contributed by atoms with Crippen LogP contribution in [0.4, 0.5) is 13.2 Å². The molecule has 0 bridgehead atoms. The highest BCUT2D eigenvalue weighted by atomic mass is 32.2. The number of benzene rings is 2. The van der Waals surface area contributed by atoms with E-state index in [0.29, 0.717) is 27.8 Å². The van der Waals surface area contributed by atoms with Crippen LogP contribution in [0.2, 0.25) is 0 Å². The molecule has 0 spiro atoms. The summed E-state index contributed by atoms with van der Waals surface area (Å²) in [7, 11) is 1.37. The molecule has 2 rings (SSSR count). The number of thioether (sulfide) groups is 1. The van der Waals surface area contributed by atoms with E-state index in [9.17, 15) is 18.0 Å². The lowest BCUT2D eigenvalue weighted by Gasteiger charge is -2.15. The van der Waals surface area contributed by atoms with Crippen molar-refractivity contribution in [1.82, 2.24) is 5.32 Å². The monoisotopic (exact) mass is 355 g/mol. The second-order valence-electron chi connectivity index (χ2n) is 4.99. The topological polar surface area (TPSA) is 38.3 Å². The van der Waals surface area contributed by atoms with Gasteiger partial charge in [-0.1, -0.05) is 17.8 Å². The van der Waals surface area contributed by atoms with Gasteiger partial charge in [0.05, 0.1) is 13.2 Å². The molecule has 7 heteroatoms. The highest BCUT2D eigenvalue weighted by Crippen LogP contribution is 2.25. The largest absolute Gasteiger partial charge is 0.494 e. The summed E-state index contributed by atoms with van der Waals surface area (Å²) in [6.07, 6.45) is 0. The maximum Gasteiger partial charge on any atom is 0.288 e. The van der Waals surface area contributed by atoms with Gasteiger partial charge in [0, 0.05) is 10.5 Å². The molecule has 0 aliphatic carbocycles. The highest BCUT2D eigenvalue weighted by Gasteiger charge is 2.14. The Morgan fingerprint density at radius 1 is 1.17 bits per heavy atom. The average Bonchev–Trinajstić information content (AvgIpc) is 2.54. The molecule has 3 nitrogen and oxygen atoms in total. The van der Waals surface area contributed by atoms with E-state index < -0.39 is 17.6 Å². The van der Waals surface area contributed by atoms with Crippen molar-refractivity contribution in [2.75, 3.05) is 7.11 Å². The van der Waals surface area contributed by atoms with Crippen LogP contribution >= 0.6 is 11.8 Å². The van der Waals surface area contributed by atoms with Gasteiger partial charge in [-0.25, -0.2) is 4.39 Å². The molecule has 0 heterocycles. The van der Waals surface area contributed by atoms with Gasteiger partial charge >= 0.3 is 0 Å². The van der Waals surface area contributed by atoms with Gasteiger partial charge in [-0.05, 0) is 48.9 Å². The number of alkyl halides is 2. The maximum atomic E-state index is 13.7. The van der Waals surface area contributed by atoms with Crippen LogP contribution in [0.1, 0.15) is 28.9 Å². The second kappa shape index (κ2) is 8.10. The minimum atomic E-state index is -2.50. The lowest BCUT2D eigenvalue weighted by molar-refractivity contribution is 0.0939. The number of ether oxygens (including phenoxy) is 1. The van der Waals surface area contributed by atoms with Gasteiger partial charge in [-0.15, -0.1) is 0 Å². The average molecular weight is 355 g/mol. The van der Waals surface area contributed by atoms with Crippen LogP contribution in [-0.4, -0.2) is 18.8 Å². The first-order chi connectivity index (χ1) is 11.4. The maximum absolute atomic E-state index is 13.7. The van der Waals surface area contributed by atoms with Crippen LogP contribution in [0.3, 0.4) is 0 Å². The zero-order chi connectivity index (χ0) is 17.7. The Labute approximate surface area is 142 Å². The molecule has 128 valence electrons. The molecule has 2 aromatic carbocycles. The second-order valence-corrected chi connectivity index (χ2v) is 6.06.